The van der Waals surface area contributed by atoms with Crippen molar-refractivity contribution in [3.63, 3.8) is 0 Å². The Morgan fingerprint density at radius 2 is 1.11 bits per heavy atom. The van der Waals surface area contributed by atoms with E-state index >= 15 is 0 Å². The first-order valence-electron chi connectivity index (χ1n) is 8.80. The van der Waals surface area contributed by atoms with Gasteiger partial charge in [0.05, 0.1) is 0 Å². The van der Waals surface area contributed by atoms with E-state index in [1.807, 2.05) is 84.9 Å². The van der Waals surface area contributed by atoms with E-state index < -0.39 is 0 Å². The minimum Gasteiger partial charge on any atom is -0.457 e. The Labute approximate surface area is 163 Å². The lowest BCUT2D eigenvalue weighted by atomic mass is 10.3. The third-order valence-electron chi connectivity index (χ3n) is 4.02. The van der Waals surface area contributed by atoms with Crippen LogP contribution in [0.1, 0.15) is 0 Å². The molecule has 0 bridgehead atoms. The van der Waals surface area contributed by atoms with Gasteiger partial charge in [-0.1, -0.05) is 36.4 Å². The van der Waals surface area contributed by atoms with E-state index in [-0.39, 0.29) is 0 Å². The van der Waals surface area contributed by atoms with Gasteiger partial charge in [0.1, 0.15) is 23.5 Å². The van der Waals surface area contributed by atoms with Gasteiger partial charge in [-0.15, -0.1) is 0 Å². The van der Waals surface area contributed by atoms with Crippen LogP contribution in [0.2, 0.25) is 0 Å². The molecule has 0 atom stereocenters. The molecule has 0 amide bonds. The van der Waals surface area contributed by atoms with Crippen molar-refractivity contribution in [2.24, 2.45) is 0 Å². The molecule has 1 aromatic heterocycles. The molecular weight excluding hydrogens is 350 g/mol. The predicted octanol–water partition coefficient (Wildman–Crippen LogP) is 5.34. The number of hydrogen-bond acceptors (Lipinski definition) is 6. The smallest absolute Gasteiger partial charge is 0.159 e. The molecule has 0 aliphatic heterocycles. The quantitative estimate of drug-likeness (QED) is 0.425. The Hall–Kier alpha value is -4.06. The molecule has 4 aromatic rings. The van der Waals surface area contributed by atoms with Crippen molar-refractivity contribution in [3.8, 4) is 11.5 Å². The highest BCUT2D eigenvalue weighted by Gasteiger charge is 2.09. The molecule has 0 saturated carbocycles. The summed E-state index contributed by atoms with van der Waals surface area (Å²) in [6, 6.07) is 27.0. The second-order valence-corrected chi connectivity index (χ2v) is 6.04. The number of aromatic nitrogens is 2. The van der Waals surface area contributed by atoms with Crippen LogP contribution in [0.15, 0.2) is 91.3 Å². The highest BCUT2D eigenvalue weighted by molar-refractivity contribution is 5.80. The molecular formula is C22H19N5O. The summed E-state index contributed by atoms with van der Waals surface area (Å²) in [6.07, 6.45) is 1.47. The molecule has 6 heteroatoms. The number of nitrogens with one attached hydrogen (secondary N) is 2. The van der Waals surface area contributed by atoms with Gasteiger partial charge in [0.25, 0.3) is 0 Å². The maximum atomic E-state index is 6.24. The Morgan fingerprint density at radius 1 is 0.607 bits per heavy atom. The zero-order valence-electron chi connectivity index (χ0n) is 15.0. The van der Waals surface area contributed by atoms with Gasteiger partial charge in [0, 0.05) is 11.4 Å². The second-order valence-electron chi connectivity index (χ2n) is 6.04. The number of nitrogens with two attached hydrogens (primary N) is 1. The topological polar surface area (TPSA) is 85.1 Å². The lowest BCUT2D eigenvalue weighted by Gasteiger charge is -2.13. The zero-order chi connectivity index (χ0) is 19.2. The van der Waals surface area contributed by atoms with E-state index in [0.29, 0.717) is 17.3 Å². The third-order valence-corrected chi connectivity index (χ3v) is 4.02. The van der Waals surface area contributed by atoms with Crippen LogP contribution in [0.3, 0.4) is 0 Å². The molecule has 6 nitrogen and oxygen atoms in total. The Morgan fingerprint density at radius 3 is 1.71 bits per heavy atom. The van der Waals surface area contributed by atoms with Crippen LogP contribution < -0.4 is 21.1 Å². The number of rotatable bonds is 6. The summed E-state index contributed by atoms with van der Waals surface area (Å²) in [7, 11) is 0. The normalized spacial score (nSPS) is 10.3. The molecule has 0 unspecified atom stereocenters. The first-order valence-corrected chi connectivity index (χ1v) is 8.80. The van der Waals surface area contributed by atoms with Crippen LogP contribution in [0, 0.1) is 0 Å². The summed E-state index contributed by atoms with van der Waals surface area (Å²) in [4.78, 5) is 8.48. The molecule has 0 aliphatic carbocycles. The van der Waals surface area contributed by atoms with Crippen molar-refractivity contribution in [3.05, 3.63) is 91.3 Å². The minimum atomic E-state index is 0.441. The lowest BCUT2D eigenvalue weighted by molar-refractivity contribution is 0.483. The molecule has 4 N–H and O–H groups in total. The Kier molecular flexibility index (Phi) is 5.02. The molecule has 3 aromatic carbocycles. The van der Waals surface area contributed by atoms with Gasteiger partial charge in [0.2, 0.25) is 0 Å². The van der Waals surface area contributed by atoms with E-state index in [4.69, 9.17) is 10.5 Å². The zero-order valence-corrected chi connectivity index (χ0v) is 15.0. The fraction of sp³-hybridized carbons (Fsp3) is 0. The van der Waals surface area contributed by atoms with Crippen LogP contribution in [0.25, 0.3) is 0 Å². The van der Waals surface area contributed by atoms with E-state index in [2.05, 4.69) is 20.6 Å². The molecule has 4 rings (SSSR count). The number of para-hydroxylation sites is 2. The highest BCUT2D eigenvalue weighted by Crippen LogP contribution is 2.29. The molecule has 0 radical (unpaired) electrons. The van der Waals surface area contributed by atoms with Crippen LogP contribution in [0.5, 0.6) is 11.5 Å². The summed E-state index contributed by atoms with van der Waals surface area (Å²) in [5, 5.41) is 6.42. The summed E-state index contributed by atoms with van der Waals surface area (Å²) in [5.41, 5.74) is 8.43. The summed E-state index contributed by atoms with van der Waals surface area (Å²) >= 11 is 0. The van der Waals surface area contributed by atoms with Gasteiger partial charge in [-0.05, 0) is 48.5 Å². The number of ether oxygens (including phenoxy) is 1. The van der Waals surface area contributed by atoms with E-state index in [1.165, 1.54) is 6.33 Å². The summed E-state index contributed by atoms with van der Waals surface area (Å²) in [6.45, 7) is 0. The molecule has 1 heterocycles. The van der Waals surface area contributed by atoms with Gasteiger partial charge >= 0.3 is 0 Å². The molecule has 0 fully saturated rings. The van der Waals surface area contributed by atoms with Gasteiger partial charge in [-0.25, -0.2) is 9.97 Å². The van der Waals surface area contributed by atoms with Crippen LogP contribution >= 0.6 is 0 Å². The van der Waals surface area contributed by atoms with Crippen molar-refractivity contribution in [2.45, 2.75) is 0 Å². The number of nitrogen functional groups attached to an aromatic ring is 1. The van der Waals surface area contributed by atoms with Crippen LogP contribution in [-0.2, 0) is 0 Å². The maximum Gasteiger partial charge on any atom is 0.159 e. The monoisotopic (exact) mass is 369 g/mol. The molecule has 138 valence electrons. The van der Waals surface area contributed by atoms with Gasteiger partial charge < -0.3 is 21.1 Å². The largest absolute Gasteiger partial charge is 0.457 e. The second kappa shape index (κ2) is 8.09. The number of anilines is 5. The van der Waals surface area contributed by atoms with Crippen LogP contribution in [-0.4, -0.2) is 9.97 Å². The average molecular weight is 369 g/mol. The van der Waals surface area contributed by atoms with Crippen molar-refractivity contribution in [2.75, 3.05) is 16.4 Å². The van der Waals surface area contributed by atoms with Gasteiger partial charge in [-0.2, -0.15) is 0 Å². The Bertz CT molecular complexity index is 1040. The summed E-state index contributed by atoms with van der Waals surface area (Å²) in [5.74, 6) is 2.62. The molecule has 28 heavy (non-hydrogen) atoms. The number of nitrogens with zero attached hydrogens (tertiary/aromatic N) is 2. The van der Waals surface area contributed by atoms with E-state index in [9.17, 15) is 0 Å². The third kappa shape index (κ3) is 4.19. The maximum absolute atomic E-state index is 6.24. The fourth-order valence-corrected chi connectivity index (χ4v) is 2.62. The van der Waals surface area contributed by atoms with E-state index in [0.717, 1.165) is 22.9 Å². The Balaban J connectivity index is 1.47. The SMILES string of the molecule is Nc1c(Nc2ccccc2)ncnc1Nc1ccc(Oc2ccccc2)cc1. The molecule has 0 saturated heterocycles. The van der Waals surface area contributed by atoms with Crippen molar-refractivity contribution >= 4 is 28.7 Å². The highest BCUT2D eigenvalue weighted by atomic mass is 16.5. The van der Waals surface area contributed by atoms with Crippen molar-refractivity contribution in [1.82, 2.24) is 9.97 Å². The predicted molar refractivity (Wildman–Crippen MR) is 112 cm³/mol. The van der Waals surface area contributed by atoms with Gasteiger partial charge in [0.15, 0.2) is 11.6 Å². The molecule has 0 aliphatic rings. The van der Waals surface area contributed by atoms with Crippen molar-refractivity contribution in [1.29, 1.82) is 0 Å². The standard InChI is InChI=1S/C22H19N5O/c23-20-21(26-16-7-3-1-4-8-16)24-15-25-22(20)27-17-11-13-19(14-12-17)28-18-9-5-2-6-10-18/h1-15H,23H2,(H2,24,25,26,27). The number of benzene rings is 3. The number of hydrogen-bond donors (Lipinski definition) is 3. The van der Waals surface area contributed by atoms with Gasteiger partial charge in [-0.3, -0.25) is 0 Å². The average Bonchev–Trinajstić information content (AvgIpc) is 2.74. The summed E-state index contributed by atoms with van der Waals surface area (Å²) < 4.78 is 5.80. The minimum absolute atomic E-state index is 0.441. The first-order chi connectivity index (χ1) is 13.8. The first kappa shape index (κ1) is 17.4. The lowest BCUT2D eigenvalue weighted by Crippen LogP contribution is -2.05. The van der Waals surface area contributed by atoms with Crippen molar-refractivity contribution < 1.29 is 4.74 Å². The van der Waals surface area contributed by atoms with E-state index in [1.54, 1.807) is 0 Å². The molecule has 0 spiro atoms. The fourth-order valence-electron chi connectivity index (χ4n) is 2.62. The van der Waals surface area contributed by atoms with Crippen LogP contribution in [0.4, 0.5) is 28.7 Å².